The molecule has 1 amide bonds. The lowest BCUT2D eigenvalue weighted by Gasteiger charge is -2.10. The first kappa shape index (κ1) is 14.8. The summed E-state index contributed by atoms with van der Waals surface area (Å²) in [5.41, 5.74) is 3.84. The van der Waals surface area contributed by atoms with Crippen molar-refractivity contribution in [2.45, 2.75) is 13.8 Å². The van der Waals surface area contributed by atoms with Crippen molar-refractivity contribution in [2.24, 2.45) is 0 Å². The Morgan fingerprint density at radius 1 is 1.33 bits per heavy atom. The molecule has 1 aromatic heterocycles. The van der Waals surface area contributed by atoms with Crippen LogP contribution in [0.4, 0.5) is 5.69 Å². The van der Waals surface area contributed by atoms with Crippen molar-refractivity contribution in [1.29, 1.82) is 0 Å². The van der Waals surface area contributed by atoms with Gasteiger partial charge in [-0.3, -0.25) is 9.78 Å². The number of nitrogens with zero attached hydrogens (tertiary/aromatic N) is 1. The van der Waals surface area contributed by atoms with Gasteiger partial charge in [0.25, 0.3) is 5.91 Å². The Kier molecular flexibility index (Phi) is 4.70. The van der Waals surface area contributed by atoms with E-state index >= 15 is 0 Å². The molecule has 1 heterocycles. The molecule has 21 heavy (non-hydrogen) atoms. The molecule has 106 valence electrons. The third-order valence-corrected chi connectivity index (χ3v) is 3.00. The molecule has 2 aromatic rings. The quantitative estimate of drug-likeness (QED) is 0.830. The highest BCUT2D eigenvalue weighted by Crippen LogP contribution is 2.17. The second-order valence-corrected chi connectivity index (χ2v) is 4.65. The van der Waals surface area contributed by atoms with Crippen molar-refractivity contribution >= 4 is 11.6 Å². The van der Waals surface area contributed by atoms with Crippen molar-refractivity contribution < 1.29 is 9.90 Å². The first-order valence-corrected chi connectivity index (χ1v) is 6.54. The Labute approximate surface area is 123 Å². The van der Waals surface area contributed by atoms with Gasteiger partial charge in [0.2, 0.25) is 0 Å². The zero-order valence-corrected chi connectivity index (χ0v) is 12.0. The molecule has 0 aliphatic carbocycles. The Balaban J connectivity index is 2.28. The molecule has 0 saturated heterocycles. The lowest BCUT2D eigenvalue weighted by atomic mass is 10.1. The number of nitrogens with one attached hydrogen (secondary N) is 1. The number of carbonyl (C=O) groups is 1. The fraction of sp³-hybridized carbons (Fsp3) is 0.176. The Bertz CT molecular complexity index is 727. The van der Waals surface area contributed by atoms with Crippen LogP contribution in [0.1, 0.15) is 27.0 Å². The van der Waals surface area contributed by atoms with Crippen LogP contribution in [-0.2, 0) is 0 Å². The topological polar surface area (TPSA) is 62.2 Å². The highest BCUT2D eigenvalue weighted by Gasteiger charge is 2.11. The smallest absolute Gasteiger partial charge is 0.257 e. The van der Waals surface area contributed by atoms with Crippen LogP contribution >= 0.6 is 0 Å². The summed E-state index contributed by atoms with van der Waals surface area (Å²) in [6.07, 6.45) is 3.06. The summed E-state index contributed by atoms with van der Waals surface area (Å²) in [6.45, 7) is 3.69. The number of benzene rings is 1. The summed E-state index contributed by atoms with van der Waals surface area (Å²) in [7, 11) is 0. The van der Waals surface area contributed by atoms with Gasteiger partial charge in [-0.2, -0.15) is 0 Å². The Hall–Kier alpha value is -2.64. The van der Waals surface area contributed by atoms with Crippen LogP contribution in [0.3, 0.4) is 0 Å². The monoisotopic (exact) mass is 280 g/mol. The van der Waals surface area contributed by atoms with E-state index in [0.29, 0.717) is 11.1 Å². The highest BCUT2D eigenvalue weighted by molar-refractivity contribution is 6.06. The van der Waals surface area contributed by atoms with Gasteiger partial charge in [0.05, 0.1) is 11.1 Å². The molecule has 0 fully saturated rings. The first-order chi connectivity index (χ1) is 10.1. The van der Waals surface area contributed by atoms with E-state index in [4.69, 9.17) is 5.11 Å². The first-order valence-electron chi connectivity index (χ1n) is 6.54. The molecule has 1 aromatic carbocycles. The lowest BCUT2D eigenvalue weighted by Crippen LogP contribution is -2.14. The molecular weight excluding hydrogens is 264 g/mol. The molecule has 0 saturated carbocycles. The zero-order valence-electron chi connectivity index (χ0n) is 12.0. The van der Waals surface area contributed by atoms with Crippen LogP contribution in [0.5, 0.6) is 0 Å². The second-order valence-electron chi connectivity index (χ2n) is 4.65. The SMILES string of the molecule is Cc1ccc(NC(=O)c2ccncc2C#CCO)c(C)c1. The van der Waals surface area contributed by atoms with Crippen LogP contribution in [0.25, 0.3) is 0 Å². The predicted octanol–water partition coefficient (Wildman–Crippen LogP) is 2.29. The maximum Gasteiger partial charge on any atom is 0.257 e. The summed E-state index contributed by atoms with van der Waals surface area (Å²) in [5.74, 6) is 5.01. The van der Waals surface area contributed by atoms with Crippen molar-refractivity contribution in [3.8, 4) is 11.8 Å². The summed E-state index contributed by atoms with van der Waals surface area (Å²) in [6, 6.07) is 7.44. The molecule has 0 radical (unpaired) electrons. The van der Waals surface area contributed by atoms with Crippen molar-refractivity contribution in [2.75, 3.05) is 11.9 Å². The van der Waals surface area contributed by atoms with Gasteiger partial charge in [-0.05, 0) is 31.5 Å². The molecule has 4 nitrogen and oxygen atoms in total. The van der Waals surface area contributed by atoms with E-state index in [-0.39, 0.29) is 12.5 Å². The molecule has 2 rings (SSSR count). The molecule has 2 N–H and O–H groups in total. The van der Waals surface area contributed by atoms with Crippen LogP contribution in [0.2, 0.25) is 0 Å². The fourth-order valence-electron chi connectivity index (χ4n) is 1.97. The Morgan fingerprint density at radius 2 is 2.14 bits per heavy atom. The van der Waals surface area contributed by atoms with Gasteiger partial charge >= 0.3 is 0 Å². The van der Waals surface area contributed by atoms with Gasteiger partial charge < -0.3 is 10.4 Å². The molecule has 0 atom stereocenters. The number of aliphatic hydroxyl groups excluding tert-OH is 1. The molecule has 0 aliphatic rings. The van der Waals surface area contributed by atoms with Gasteiger partial charge in [0, 0.05) is 18.1 Å². The van der Waals surface area contributed by atoms with E-state index < -0.39 is 0 Å². The number of aliphatic hydroxyl groups is 1. The number of carbonyl (C=O) groups excluding carboxylic acids is 1. The van der Waals surface area contributed by atoms with Crippen LogP contribution < -0.4 is 5.32 Å². The number of pyridine rings is 1. The molecule has 0 aliphatic heterocycles. The van der Waals surface area contributed by atoms with Crippen LogP contribution in [0.15, 0.2) is 36.7 Å². The minimum atomic E-state index is -0.257. The standard InChI is InChI=1S/C17H16N2O2/c1-12-5-6-16(13(2)10-12)19-17(21)15-7-8-18-11-14(15)4-3-9-20/h5-8,10-11,20H,9H2,1-2H3,(H,19,21). The highest BCUT2D eigenvalue weighted by atomic mass is 16.2. The van der Waals surface area contributed by atoms with Crippen molar-refractivity contribution in [3.63, 3.8) is 0 Å². The summed E-state index contributed by atoms with van der Waals surface area (Å²) < 4.78 is 0. The minimum absolute atomic E-state index is 0.244. The lowest BCUT2D eigenvalue weighted by molar-refractivity contribution is 0.102. The fourth-order valence-corrected chi connectivity index (χ4v) is 1.97. The number of hydrogen-bond donors (Lipinski definition) is 2. The van der Waals surface area contributed by atoms with Gasteiger partial charge in [0.1, 0.15) is 6.61 Å². The predicted molar refractivity (Wildman–Crippen MR) is 82.1 cm³/mol. The molecule has 0 unspecified atom stereocenters. The van der Waals surface area contributed by atoms with Crippen molar-refractivity contribution in [1.82, 2.24) is 4.98 Å². The summed E-state index contributed by atoms with van der Waals surface area (Å²) in [4.78, 5) is 16.3. The van der Waals surface area contributed by atoms with E-state index in [1.54, 1.807) is 12.3 Å². The Morgan fingerprint density at radius 3 is 2.86 bits per heavy atom. The third-order valence-electron chi connectivity index (χ3n) is 3.00. The van der Waals surface area contributed by atoms with E-state index in [1.807, 2.05) is 32.0 Å². The van der Waals surface area contributed by atoms with E-state index in [9.17, 15) is 4.79 Å². The second kappa shape index (κ2) is 6.69. The molecule has 4 heteroatoms. The average molecular weight is 280 g/mol. The number of anilines is 1. The average Bonchev–Trinajstić information content (AvgIpc) is 2.48. The number of hydrogen-bond acceptors (Lipinski definition) is 3. The summed E-state index contributed by atoms with van der Waals surface area (Å²) >= 11 is 0. The zero-order chi connectivity index (χ0) is 15.2. The molecule has 0 spiro atoms. The summed E-state index contributed by atoms with van der Waals surface area (Å²) in [5, 5.41) is 11.6. The maximum atomic E-state index is 12.4. The number of rotatable bonds is 2. The normalized spacial score (nSPS) is 9.67. The number of amides is 1. The van der Waals surface area contributed by atoms with E-state index in [0.717, 1.165) is 16.8 Å². The third kappa shape index (κ3) is 3.68. The molecule has 0 bridgehead atoms. The van der Waals surface area contributed by atoms with Crippen LogP contribution in [0, 0.1) is 25.7 Å². The van der Waals surface area contributed by atoms with Crippen molar-refractivity contribution in [3.05, 3.63) is 58.9 Å². The molecular formula is C17H16N2O2. The van der Waals surface area contributed by atoms with Crippen LogP contribution in [-0.4, -0.2) is 22.6 Å². The number of aromatic nitrogens is 1. The van der Waals surface area contributed by atoms with Gasteiger partial charge in [-0.25, -0.2) is 0 Å². The largest absolute Gasteiger partial charge is 0.384 e. The van der Waals surface area contributed by atoms with Gasteiger partial charge in [0.15, 0.2) is 0 Å². The maximum absolute atomic E-state index is 12.4. The number of aryl methyl sites for hydroxylation is 2. The van der Waals surface area contributed by atoms with E-state index in [1.165, 1.54) is 6.20 Å². The van der Waals surface area contributed by atoms with E-state index in [2.05, 4.69) is 22.1 Å². The minimum Gasteiger partial charge on any atom is -0.384 e. The van der Waals surface area contributed by atoms with Gasteiger partial charge in [-0.1, -0.05) is 29.5 Å². The van der Waals surface area contributed by atoms with Gasteiger partial charge in [-0.15, -0.1) is 0 Å².